The third-order valence-corrected chi connectivity index (χ3v) is 3.98. The number of carboxylic acids is 1. The lowest BCUT2D eigenvalue weighted by Crippen LogP contribution is -2.54. The Kier molecular flexibility index (Phi) is 4.97. The first-order chi connectivity index (χ1) is 10.7. The zero-order valence-electron chi connectivity index (χ0n) is 13.7. The molecule has 0 unspecified atom stereocenters. The third kappa shape index (κ3) is 4.24. The van der Waals surface area contributed by atoms with Crippen molar-refractivity contribution in [1.29, 1.82) is 0 Å². The summed E-state index contributed by atoms with van der Waals surface area (Å²) in [6.07, 6.45) is 5.20. The fraction of sp³-hybridized carbons (Fsp3) is 0.688. The highest BCUT2D eigenvalue weighted by Gasteiger charge is 2.43. The smallest absolute Gasteiger partial charge is 0.408 e. The van der Waals surface area contributed by atoms with Crippen LogP contribution >= 0.6 is 0 Å². The third-order valence-electron chi connectivity index (χ3n) is 3.98. The Morgan fingerprint density at radius 1 is 1.26 bits per heavy atom. The molecule has 3 atom stereocenters. The lowest BCUT2D eigenvalue weighted by atomic mass is 10.0. The van der Waals surface area contributed by atoms with Gasteiger partial charge >= 0.3 is 12.1 Å². The van der Waals surface area contributed by atoms with Crippen LogP contribution in [0.1, 0.15) is 46.5 Å². The van der Waals surface area contributed by atoms with Gasteiger partial charge < -0.3 is 20.1 Å². The van der Waals surface area contributed by atoms with Crippen molar-refractivity contribution in [3.05, 3.63) is 12.2 Å². The molecule has 2 amide bonds. The van der Waals surface area contributed by atoms with Crippen LogP contribution in [-0.4, -0.2) is 51.7 Å². The number of hydrogen-bond acceptors (Lipinski definition) is 4. The van der Waals surface area contributed by atoms with Crippen molar-refractivity contribution in [1.82, 2.24) is 10.2 Å². The SMILES string of the molecule is CC(C)(C)OC(=O)N[C@H]1C/C=C\C[C@H]2CC[C@@H](C(=O)O)N2C1=O. The van der Waals surface area contributed by atoms with Gasteiger partial charge in [-0.2, -0.15) is 0 Å². The van der Waals surface area contributed by atoms with Crippen molar-refractivity contribution in [2.24, 2.45) is 0 Å². The number of alkyl carbamates (subject to hydrolysis) is 1. The van der Waals surface area contributed by atoms with Crippen molar-refractivity contribution in [2.45, 2.75) is 70.2 Å². The predicted molar refractivity (Wildman–Crippen MR) is 82.8 cm³/mol. The average molecular weight is 324 g/mol. The Morgan fingerprint density at radius 2 is 1.91 bits per heavy atom. The van der Waals surface area contributed by atoms with E-state index in [1.807, 2.05) is 12.2 Å². The van der Waals surface area contributed by atoms with Gasteiger partial charge in [-0.25, -0.2) is 9.59 Å². The number of carbonyl (C=O) groups excluding carboxylic acids is 2. The molecule has 0 aromatic rings. The number of fused-ring (bicyclic) bond motifs is 1. The molecule has 2 aliphatic rings. The number of ether oxygens (including phenoxy) is 1. The summed E-state index contributed by atoms with van der Waals surface area (Å²) in [4.78, 5) is 37.5. The number of nitrogens with one attached hydrogen (secondary N) is 1. The molecule has 1 fully saturated rings. The predicted octanol–water partition coefficient (Wildman–Crippen LogP) is 1.67. The summed E-state index contributed by atoms with van der Waals surface area (Å²) in [7, 11) is 0. The van der Waals surface area contributed by atoms with Gasteiger partial charge in [0.05, 0.1) is 0 Å². The van der Waals surface area contributed by atoms with Crippen LogP contribution in [0.15, 0.2) is 12.2 Å². The zero-order chi connectivity index (χ0) is 17.2. The van der Waals surface area contributed by atoms with Crippen molar-refractivity contribution < 1.29 is 24.2 Å². The van der Waals surface area contributed by atoms with E-state index in [4.69, 9.17) is 4.74 Å². The lowest BCUT2D eigenvalue weighted by molar-refractivity contribution is -0.150. The van der Waals surface area contributed by atoms with E-state index in [9.17, 15) is 19.5 Å². The summed E-state index contributed by atoms with van der Waals surface area (Å²) in [5, 5.41) is 11.9. The number of amides is 2. The van der Waals surface area contributed by atoms with E-state index in [1.54, 1.807) is 20.8 Å². The first-order valence-electron chi connectivity index (χ1n) is 7.88. The summed E-state index contributed by atoms with van der Waals surface area (Å²) < 4.78 is 5.19. The number of nitrogens with zero attached hydrogens (tertiary/aromatic N) is 1. The molecule has 128 valence electrons. The second kappa shape index (κ2) is 6.60. The van der Waals surface area contributed by atoms with Crippen LogP contribution in [0.2, 0.25) is 0 Å². The molecule has 1 saturated heterocycles. The highest BCUT2D eigenvalue weighted by molar-refractivity contribution is 5.90. The minimum Gasteiger partial charge on any atom is -0.480 e. The van der Waals surface area contributed by atoms with Gasteiger partial charge in [0.1, 0.15) is 17.7 Å². The van der Waals surface area contributed by atoms with Crippen molar-refractivity contribution >= 4 is 18.0 Å². The van der Waals surface area contributed by atoms with E-state index in [0.29, 0.717) is 25.7 Å². The van der Waals surface area contributed by atoms with Crippen LogP contribution in [0, 0.1) is 0 Å². The average Bonchev–Trinajstić information content (AvgIpc) is 2.81. The molecule has 7 nitrogen and oxygen atoms in total. The molecule has 0 saturated carbocycles. The van der Waals surface area contributed by atoms with Gasteiger partial charge in [0.25, 0.3) is 0 Å². The van der Waals surface area contributed by atoms with Gasteiger partial charge in [-0.3, -0.25) is 4.79 Å². The largest absolute Gasteiger partial charge is 0.480 e. The molecule has 7 heteroatoms. The van der Waals surface area contributed by atoms with Gasteiger partial charge in [-0.1, -0.05) is 12.2 Å². The maximum absolute atomic E-state index is 12.8. The summed E-state index contributed by atoms with van der Waals surface area (Å²) >= 11 is 0. The second-order valence-corrected chi connectivity index (χ2v) is 6.97. The van der Waals surface area contributed by atoms with E-state index < -0.39 is 29.7 Å². The molecule has 0 aromatic carbocycles. The number of carbonyl (C=O) groups is 3. The molecule has 2 aliphatic heterocycles. The fourth-order valence-electron chi connectivity index (χ4n) is 3.03. The van der Waals surface area contributed by atoms with Gasteiger partial charge in [0, 0.05) is 6.04 Å². The molecule has 2 N–H and O–H groups in total. The quantitative estimate of drug-likeness (QED) is 0.753. The maximum atomic E-state index is 12.8. The highest BCUT2D eigenvalue weighted by atomic mass is 16.6. The van der Waals surface area contributed by atoms with E-state index >= 15 is 0 Å². The molecule has 0 spiro atoms. The van der Waals surface area contributed by atoms with Crippen LogP contribution < -0.4 is 5.32 Å². The Balaban J connectivity index is 2.14. The molecule has 2 heterocycles. The Bertz CT molecular complexity index is 523. The van der Waals surface area contributed by atoms with Gasteiger partial charge in [0.15, 0.2) is 0 Å². The van der Waals surface area contributed by atoms with Crippen molar-refractivity contribution in [3.8, 4) is 0 Å². The number of rotatable bonds is 2. The first kappa shape index (κ1) is 17.3. The Hall–Kier alpha value is -2.05. The van der Waals surface area contributed by atoms with E-state index in [-0.39, 0.29) is 11.9 Å². The van der Waals surface area contributed by atoms with Crippen LogP contribution in [0.5, 0.6) is 0 Å². The minimum atomic E-state index is -0.999. The van der Waals surface area contributed by atoms with E-state index in [1.165, 1.54) is 4.90 Å². The number of hydrogen-bond donors (Lipinski definition) is 2. The van der Waals surface area contributed by atoms with Gasteiger partial charge in [-0.05, 0) is 46.5 Å². The number of aliphatic carboxylic acids is 1. The van der Waals surface area contributed by atoms with Crippen molar-refractivity contribution in [3.63, 3.8) is 0 Å². The summed E-state index contributed by atoms with van der Waals surface area (Å²) in [6.45, 7) is 5.22. The maximum Gasteiger partial charge on any atom is 0.408 e. The fourth-order valence-corrected chi connectivity index (χ4v) is 3.03. The first-order valence-corrected chi connectivity index (χ1v) is 7.88. The number of carboxylic acid groups (broad SMARTS) is 1. The molecule has 0 aliphatic carbocycles. The second-order valence-electron chi connectivity index (χ2n) is 6.97. The Morgan fingerprint density at radius 3 is 2.52 bits per heavy atom. The van der Waals surface area contributed by atoms with Crippen molar-refractivity contribution in [2.75, 3.05) is 0 Å². The molecule has 2 rings (SSSR count). The van der Waals surface area contributed by atoms with Crippen LogP contribution in [0.25, 0.3) is 0 Å². The minimum absolute atomic E-state index is 0.122. The summed E-state index contributed by atoms with van der Waals surface area (Å²) in [6, 6.07) is -1.74. The normalized spacial score (nSPS) is 29.3. The lowest BCUT2D eigenvalue weighted by Gasteiger charge is -2.33. The zero-order valence-corrected chi connectivity index (χ0v) is 13.7. The topological polar surface area (TPSA) is 95.9 Å². The standard InChI is InChI=1S/C16H24N2O5/c1-16(2,3)23-15(22)17-11-7-5-4-6-10-8-9-12(14(20)21)18(10)13(11)19/h4-5,10-12H,6-9H2,1-3H3,(H,17,22)(H,20,21)/b5-4-/t10-,11-,12-/m0/s1. The van der Waals surface area contributed by atoms with Gasteiger partial charge in [-0.15, -0.1) is 0 Å². The highest BCUT2D eigenvalue weighted by Crippen LogP contribution is 2.29. The van der Waals surface area contributed by atoms with E-state index in [2.05, 4.69) is 5.32 Å². The summed E-state index contributed by atoms with van der Waals surface area (Å²) in [5.41, 5.74) is -0.662. The van der Waals surface area contributed by atoms with Crippen LogP contribution in [0.3, 0.4) is 0 Å². The molecular formula is C16H24N2O5. The van der Waals surface area contributed by atoms with Gasteiger partial charge in [0.2, 0.25) is 5.91 Å². The summed E-state index contributed by atoms with van der Waals surface area (Å²) in [5.74, 6) is -1.35. The molecule has 0 aromatic heterocycles. The monoisotopic (exact) mass is 324 g/mol. The Labute approximate surface area is 135 Å². The molecular weight excluding hydrogens is 300 g/mol. The molecule has 0 radical (unpaired) electrons. The van der Waals surface area contributed by atoms with Crippen LogP contribution in [-0.2, 0) is 14.3 Å². The van der Waals surface area contributed by atoms with E-state index in [0.717, 1.165) is 0 Å². The molecule has 0 bridgehead atoms. The van der Waals surface area contributed by atoms with Crippen LogP contribution in [0.4, 0.5) is 4.79 Å². The molecule has 23 heavy (non-hydrogen) atoms.